The number of nitrogens with one attached hydrogen (secondary N) is 1. The number of hydrogen-bond acceptors (Lipinski definition) is 5. The molecule has 3 rings (SSSR count). The molecule has 2 aromatic carbocycles. The Morgan fingerprint density at radius 1 is 1.14 bits per heavy atom. The van der Waals surface area contributed by atoms with Crippen molar-refractivity contribution in [2.24, 2.45) is 0 Å². The van der Waals surface area contributed by atoms with Gasteiger partial charge in [-0.3, -0.25) is 0 Å². The predicted molar refractivity (Wildman–Crippen MR) is 85.2 cm³/mol. The number of halogens is 1. The molecule has 5 nitrogen and oxygen atoms in total. The zero-order chi connectivity index (χ0) is 14.8. The van der Waals surface area contributed by atoms with Gasteiger partial charge in [-0.1, -0.05) is 11.6 Å². The molecule has 0 bridgehead atoms. The SMILES string of the molecule is COc1ccc(Nc2ncnc3ccc(N)cc23)cc1Cl. The highest BCUT2D eigenvalue weighted by Crippen LogP contribution is 2.30. The number of aromatic nitrogens is 2. The van der Waals surface area contributed by atoms with Crippen LogP contribution in [0.5, 0.6) is 5.75 Å². The summed E-state index contributed by atoms with van der Waals surface area (Å²) in [6.07, 6.45) is 1.51. The van der Waals surface area contributed by atoms with E-state index in [1.165, 1.54) is 6.33 Å². The first-order chi connectivity index (χ1) is 10.2. The molecule has 0 saturated heterocycles. The van der Waals surface area contributed by atoms with E-state index in [4.69, 9.17) is 22.1 Å². The second-order valence-corrected chi connectivity index (χ2v) is 4.88. The van der Waals surface area contributed by atoms with Gasteiger partial charge in [0.25, 0.3) is 0 Å². The van der Waals surface area contributed by atoms with Gasteiger partial charge < -0.3 is 15.8 Å². The van der Waals surface area contributed by atoms with Gasteiger partial charge in [0.05, 0.1) is 17.6 Å². The Labute approximate surface area is 126 Å². The highest BCUT2D eigenvalue weighted by atomic mass is 35.5. The Hall–Kier alpha value is -2.53. The number of nitrogens with zero attached hydrogens (tertiary/aromatic N) is 2. The first-order valence-electron chi connectivity index (χ1n) is 6.28. The summed E-state index contributed by atoms with van der Waals surface area (Å²) in [6.45, 7) is 0. The van der Waals surface area contributed by atoms with Crippen molar-refractivity contribution in [3.8, 4) is 5.75 Å². The van der Waals surface area contributed by atoms with E-state index < -0.39 is 0 Å². The molecule has 0 aliphatic carbocycles. The van der Waals surface area contributed by atoms with Crippen LogP contribution in [0.1, 0.15) is 0 Å². The Balaban J connectivity index is 2.01. The van der Waals surface area contributed by atoms with Crippen LogP contribution < -0.4 is 15.8 Å². The summed E-state index contributed by atoms with van der Waals surface area (Å²) in [5.41, 5.74) is 8.12. The van der Waals surface area contributed by atoms with Gasteiger partial charge in [-0.15, -0.1) is 0 Å². The van der Waals surface area contributed by atoms with Crippen LogP contribution in [-0.4, -0.2) is 17.1 Å². The molecule has 0 aliphatic heterocycles. The predicted octanol–water partition coefficient (Wildman–Crippen LogP) is 3.62. The smallest absolute Gasteiger partial charge is 0.141 e. The summed E-state index contributed by atoms with van der Waals surface area (Å²) in [5, 5.41) is 4.60. The second kappa shape index (κ2) is 5.46. The fourth-order valence-electron chi connectivity index (χ4n) is 2.05. The first kappa shape index (κ1) is 13.5. The van der Waals surface area contributed by atoms with E-state index in [1.807, 2.05) is 24.3 Å². The summed E-state index contributed by atoms with van der Waals surface area (Å²) < 4.78 is 5.13. The molecule has 3 N–H and O–H groups in total. The Morgan fingerprint density at radius 2 is 2.00 bits per heavy atom. The fourth-order valence-corrected chi connectivity index (χ4v) is 2.31. The zero-order valence-corrected chi connectivity index (χ0v) is 12.1. The number of benzene rings is 2. The second-order valence-electron chi connectivity index (χ2n) is 4.47. The maximum Gasteiger partial charge on any atom is 0.141 e. The maximum absolute atomic E-state index is 6.12. The quantitative estimate of drug-likeness (QED) is 0.723. The van der Waals surface area contributed by atoms with Crippen LogP contribution in [0.2, 0.25) is 5.02 Å². The highest BCUT2D eigenvalue weighted by Gasteiger charge is 2.06. The number of methoxy groups -OCH3 is 1. The summed E-state index contributed by atoms with van der Waals surface area (Å²) in [6, 6.07) is 10.9. The standard InChI is InChI=1S/C15H13ClN4O/c1-21-14-5-3-10(7-12(14)16)20-15-11-6-9(17)2-4-13(11)18-8-19-15/h2-8H,17H2,1H3,(H,18,19,20). The fraction of sp³-hybridized carbons (Fsp3) is 0.0667. The normalized spacial score (nSPS) is 10.6. The van der Waals surface area contributed by atoms with E-state index in [2.05, 4.69) is 15.3 Å². The van der Waals surface area contributed by atoms with Gasteiger partial charge in [0, 0.05) is 16.8 Å². The molecule has 0 aliphatic rings. The molecule has 0 spiro atoms. The molecule has 0 amide bonds. The van der Waals surface area contributed by atoms with E-state index in [0.29, 0.717) is 22.3 Å². The highest BCUT2D eigenvalue weighted by molar-refractivity contribution is 6.32. The average molecular weight is 301 g/mol. The Kier molecular flexibility index (Phi) is 3.50. The van der Waals surface area contributed by atoms with Gasteiger partial charge in [0.15, 0.2) is 0 Å². The van der Waals surface area contributed by atoms with Gasteiger partial charge in [0.2, 0.25) is 0 Å². The molecule has 0 unspecified atom stereocenters. The van der Waals surface area contributed by atoms with Crippen molar-refractivity contribution in [3.63, 3.8) is 0 Å². The zero-order valence-electron chi connectivity index (χ0n) is 11.3. The van der Waals surface area contributed by atoms with Crippen molar-refractivity contribution in [1.82, 2.24) is 9.97 Å². The molecular formula is C15H13ClN4O. The minimum atomic E-state index is 0.528. The van der Waals surface area contributed by atoms with E-state index in [1.54, 1.807) is 19.2 Å². The molecule has 1 aromatic heterocycles. The minimum Gasteiger partial charge on any atom is -0.495 e. The number of hydrogen-bond donors (Lipinski definition) is 2. The number of nitrogens with two attached hydrogens (primary N) is 1. The number of ether oxygens (including phenoxy) is 1. The van der Waals surface area contributed by atoms with Crippen molar-refractivity contribution in [3.05, 3.63) is 47.7 Å². The minimum absolute atomic E-state index is 0.528. The number of nitrogen functional groups attached to an aromatic ring is 1. The lowest BCUT2D eigenvalue weighted by molar-refractivity contribution is 0.415. The largest absolute Gasteiger partial charge is 0.495 e. The lowest BCUT2D eigenvalue weighted by Gasteiger charge is -2.10. The van der Waals surface area contributed by atoms with E-state index in [-0.39, 0.29) is 0 Å². The molecule has 106 valence electrons. The summed E-state index contributed by atoms with van der Waals surface area (Å²) in [5.74, 6) is 1.30. The van der Waals surface area contributed by atoms with Crippen LogP contribution in [-0.2, 0) is 0 Å². The number of anilines is 3. The van der Waals surface area contributed by atoms with Crippen LogP contribution in [0.15, 0.2) is 42.7 Å². The lowest BCUT2D eigenvalue weighted by atomic mass is 10.2. The summed E-state index contributed by atoms with van der Waals surface area (Å²) >= 11 is 6.12. The maximum atomic E-state index is 6.12. The molecule has 21 heavy (non-hydrogen) atoms. The molecule has 6 heteroatoms. The third kappa shape index (κ3) is 2.68. The third-order valence-corrected chi connectivity index (χ3v) is 3.37. The molecular weight excluding hydrogens is 288 g/mol. The van der Waals surface area contributed by atoms with Crippen molar-refractivity contribution in [1.29, 1.82) is 0 Å². The number of fused-ring (bicyclic) bond motifs is 1. The van der Waals surface area contributed by atoms with Gasteiger partial charge in [0.1, 0.15) is 17.9 Å². The van der Waals surface area contributed by atoms with Gasteiger partial charge in [-0.2, -0.15) is 0 Å². The molecule has 1 heterocycles. The van der Waals surface area contributed by atoms with Crippen LogP contribution in [0.4, 0.5) is 17.2 Å². The topological polar surface area (TPSA) is 73.1 Å². The third-order valence-electron chi connectivity index (χ3n) is 3.07. The van der Waals surface area contributed by atoms with Gasteiger partial charge >= 0.3 is 0 Å². The summed E-state index contributed by atoms with van der Waals surface area (Å²) in [4.78, 5) is 8.48. The van der Waals surface area contributed by atoms with Crippen LogP contribution in [0, 0.1) is 0 Å². The molecule has 0 fully saturated rings. The van der Waals surface area contributed by atoms with Gasteiger partial charge in [-0.05, 0) is 36.4 Å². The summed E-state index contributed by atoms with van der Waals surface area (Å²) in [7, 11) is 1.58. The molecule has 0 radical (unpaired) electrons. The number of rotatable bonds is 3. The van der Waals surface area contributed by atoms with Gasteiger partial charge in [-0.25, -0.2) is 9.97 Å². The molecule has 0 saturated carbocycles. The van der Waals surface area contributed by atoms with E-state index >= 15 is 0 Å². The van der Waals surface area contributed by atoms with Crippen molar-refractivity contribution >= 4 is 39.7 Å². The van der Waals surface area contributed by atoms with Crippen molar-refractivity contribution in [2.45, 2.75) is 0 Å². The van der Waals surface area contributed by atoms with E-state index in [9.17, 15) is 0 Å². The van der Waals surface area contributed by atoms with Crippen LogP contribution >= 0.6 is 11.6 Å². The van der Waals surface area contributed by atoms with E-state index in [0.717, 1.165) is 16.6 Å². The Bertz CT molecular complexity index is 807. The first-order valence-corrected chi connectivity index (χ1v) is 6.66. The van der Waals surface area contributed by atoms with Crippen molar-refractivity contribution < 1.29 is 4.74 Å². The molecule has 0 atom stereocenters. The monoisotopic (exact) mass is 300 g/mol. The van der Waals surface area contributed by atoms with Crippen LogP contribution in [0.3, 0.4) is 0 Å². The van der Waals surface area contributed by atoms with Crippen LogP contribution in [0.25, 0.3) is 10.9 Å². The average Bonchev–Trinajstić information content (AvgIpc) is 2.48. The van der Waals surface area contributed by atoms with Crippen molar-refractivity contribution in [2.75, 3.05) is 18.2 Å². The Morgan fingerprint density at radius 3 is 2.76 bits per heavy atom. The lowest BCUT2D eigenvalue weighted by Crippen LogP contribution is -1.97. The molecule has 3 aromatic rings.